The van der Waals surface area contributed by atoms with Crippen molar-refractivity contribution in [3.63, 3.8) is 0 Å². The molecule has 2 aromatic heterocycles. The Morgan fingerprint density at radius 3 is 1.00 bits per heavy atom. The lowest BCUT2D eigenvalue weighted by atomic mass is 9.85. The Bertz CT molecular complexity index is 2210. The van der Waals surface area contributed by atoms with Crippen LogP contribution in [-0.4, -0.2) is 0 Å². The third-order valence-electron chi connectivity index (χ3n) is 8.27. The zero-order valence-corrected chi connectivity index (χ0v) is 21.5. The molecular formula is C38H22O2. The van der Waals surface area contributed by atoms with Gasteiger partial charge in [-0.2, -0.15) is 0 Å². The smallest absolute Gasteiger partial charge is 0.136 e. The van der Waals surface area contributed by atoms with E-state index in [9.17, 15) is 0 Å². The molecule has 9 aromatic rings. The first kappa shape index (κ1) is 21.6. The molecule has 0 amide bonds. The summed E-state index contributed by atoms with van der Waals surface area (Å²) in [4.78, 5) is 0. The van der Waals surface area contributed by atoms with Crippen molar-refractivity contribution in [2.75, 3.05) is 0 Å². The quantitative estimate of drug-likeness (QED) is 0.216. The van der Waals surface area contributed by atoms with Crippen LogP contribution < -0.4 is 0 Å². The Kier molecular flexibility index (Phi) is 4.36. The predicted octanol–water partition coefficient (Wildman–Crippen LogP) is 11.1. The van der Waals surface area contributed by atoms with Crippen molar-refractivity contribution in [1.82, 2.24) is 0 Å². The maximum Gasteiger partial charge on any atom is 0.136 e. The van der Waals surface area contributed by atoms with Gasteiger partial charge < -0.3 is 8.83 Å². The van der Waals surface area contributed by atoms with Gasteiger partial charge in [0.25, 0.3) is 0 Å². The van der Waals surface area contributed by atoms with Crippen LogP contribution in [0.15, 0.2) is 142 Å². The Hall–Kier alpha value is -5.34. The number of benzene rings is 7. The first-order valence-corrected chi connectivity index (χ1v) is 13.6. The number of para-hydroxylation sites is 2. The van der Waals surface area contributed by atoms with Crippen molar-refractivity contribution in [3.8, 4) is 22.3 Å². The highest BCUT2D eigenvalue weighted by atomic mass is 16.3. The Morgan fingerprint density at radius 1 is 0.275 bits per heavy atom. The van der Waals surface area contributed by atoms with E-state index >= 15 is 0 Å². The van der Waals surface area contributed by atoms with Crippen LogP contribution in [0.25, 0.3) is 87.7 Å². The van der Waals surface area contributed by atoms with Gasteiger partial charge in [0.15, 0.2) is 0 Å². The van der Waals surface area contributed by atoms with Crippen molar-refractivity contribution >= 4 is 65.4 Å². The molecule has 0 aliphatic carbocycles. The van der Waals surface area contributed by atoms with Crippen molar-refractivity contribution in [2.45, 2.75) is 0 Å². The van der Waals surface area contributed by atoms with Crippen molar-refractivity contribution in [3.05, 3.63) is 133 Å². The van der Waals surface area contributed by atoms with Crippen LogP contribution >= 0.6 is 0 Å². The maximum absolute atomic E-state index is 6.29. The second-order valence-electron chi connectivity index (χ2n) is 10.5. The first-order valence-electron chi connectivity index (χ1n) is 13.6. The number of hydrogen-bond acceptors (Lipinski definition) is 2. The summed E-state index contributed by atoms with van der Waals surface area (Å²) in [5.74, 6) is 0. The summed E-state index contributed by atoms with van der Waals surface area (Å²) in [7, 11) is 0. The van der Waals surface area contributed by atoms with E-state index in [-0.39, 0.29) is 0 Å². The third kappa shape index (κ3) is 2.99. The van der Waals surface area contributed by atoms with Gasteiger partial charge in [-0.25, -0.2) is 0 Å². The van der Waals surface area contributed by atoms with Gasteiger partial charge in [-0.1, -0.05) is 97.1 Å². The highest BCUT2D eigenvalue weighted by Crippen LogP contribution is 2.45. The Labute approximate surface area is 229 Å². The highest BCUT2D eigenvalue weighted by molar-refractivity contribution is 6.22. The molecule has 0 bridgehead atoms. The van der Waals surface area contributed by atoms with E-state index in [1.807, 2.05) is 24.3 Å². The van der Waals surface area contributed by atoms with Crippen molar-refractivity contribution < 1.29 is 8.83 Å². The Morgan fingerprint density at radius 2 is 0.600 bits per heavy atom. The number of fused-ring (bicyclic) bond motifs is 8. The van der Waals surface area contributed by atoms with Crippen LogP contribution in [0, 0.1) is 0 Å². The van der Waals surface area contributed by atoms with E-state index in [1.54, 1.807) is 0 Å². The SMILES string of the molecule is c1ccc2c(c1)oc1cc(-c3c4ccccc4c(-c4ccc5c(c4)oc4ccccc45)c4ccccc34)ccc12. The van der Waals surface area contributed by atoms with Crippen LogP contribution in [0.5, 0.6) is 0 Å². The van der Waals surface area contributed by atoms with E-state index in [4.69, 9.17) is 8.83 Å². The molecule has 186 valence electrons. The topological polar surface area (TPSA) is 26.3 Å². The molecule has 0 fully saturated rings. The zero-order valence-electron chi connectivity index (χ0n) is 21.5. The average molecular weight is 511 g/mol. The number of rotatable bonds is 2. The van der Waals surface area contributed by atoms with Gasteiger partial charge in [-0.3, -0.25) is 0 Å². The van der Waals surface area contributed by atoms with Gasteiger partial charge in [0, 0.05) is 21.5 Å². The molecule has 0 N–H and O–H groups in total. The molecule has 2 nitrogen and oxygen atoms in total. The summed E-state index contributed by atoms with van der Waals surface area (Å²) >= 11 is 0. The molecule has 0 atom stereocenters. The van der Waals surface area contributed by atoms with Gasteiger partial charge in [-0.15, -0.1) is 0 Å². The average Bonchev–Trinajstić information content (AvgIpc) is 3.57. The number of hydrogen-bond donors (Lipinski definition) is 0. The summed E-state index contributed by atoms with van der Waals surface area (Å²) < 4.78 is 12.6. The summed E-state index contributed by atoms with van der Waals surface area (Å²) in [6.07, 6.45) is 0. The van der Waals surface area contributed by atoms with Gasteiger partial charge in [-0.05, 0) is 80.2 Å². The molecule has 0 saturated carbocycles. The molecule has 40 heavy (non-hydrogen) atoms. The van der Waals surface area contributed by atoms with E-state index in [0.717, 1.165) is 55.0 Å². The molecule has 2 heterocycles. The fourth-order valence-corrected chi connectivity index (χ4v) is 6.51. The molecule has 9 rings (SSSR count). The van der Waals surface area contributed by atoms with E-state index in [0.29, 0.717) is 0 Å². The summed E-state index contributed by atoms with van der Waals surface area (Å²) in [6.45, 7) is 0. The lowest BCUT2D eigenvalue weighted by molar-refractivity contribution is 0.668. The summed E-state index contributed by atoms with van der Waals surface area (Å²) in [5, 5.41) is 9.46. The Balaban J connectivity index is 1.35. The fraction of sp³-hybridized carbons (Fsp3) is 0. The molecule has 0 aliphatic rings. The van der Waals surface area contributed by atoms with Gasteiger partial charge in [0.1, 0.15) is 22.3 Å². The highest BCUT2D eigenvalue weighted by Gasteiger charge is 2.18. The third-order valence-corrected chi connectivity index (χ3v) is 8.27. The molecule has 7 aromatic carbocycles. The molecule has 0 saturated heterocycles. The standard InChI is InChI=1S/C38H22O2/c1-2-12-30-29(11-1)37(23-17-19-27-25-9-5-7-15-33(25)39-35(27)21-23)31-13-3-4-14-32(31)38(30)24-18-20-28-26-10-6-8-16-34(26)40-36(28)22-24/h1-22H. The maximum atomic E-state index is 6.29. The molecular weight excluding hydrogens is 488 g/mol. The van der Waals surface area contributed by atoms with Gasteiger partial charge in [0.2, 0.25) is 0 Å². The lowest BCUT2D eigenvalue weighted by Crippen LogP contribution is -1.90. The molecule has 0 radical (unpaired) electrons. The van der Waals surface area contributed by atoms with Crippen LogP contribution in [0.4, 0.5) is 0 Å². The monoisotopic (exact) mass is 510 g/mol. The zero-order chi connectivity index (χ0) is 26.2. The second kappa shape index (κ2) is 8.08. The van der Waals surface area contributed by atoms with Crippen molar-refractivity contribution in [1.29, 1.82) is 0 Å². The summed E-state index contributed by atoms with van der Waals surface area (Å²) in [6, 6.07) is 47.2. The van der Waals surface area contributed by atoms with Crippen LogP contribution in [0.1, 0.15) is 0 Å². The van der Waals surface area contributed by atoms with Gasteiger partial charge in [0.05, 0.1) is 0 Å². The lowest BCUT2D eigenvalue weighted by Gasteiger charge is -2.17. The van der Waals surface area contributed by atoms with E-state index in [1.165, 1.54) is 32.7 Å². The molecule has 2 heteroatoms. The fourth-order valence-electron chi connectivity index (χ4n) is 6.51. The van der Waals surface area contributed by atoms with Crippen LogP contribution in [0.2, 0.25) is 0 Å². The van der Waals surface area contributed by atoms with Crippen LogP contribution in [-0.2, 0) is 0 Å². The molecule has 0 spiro atoms. The normalized spacial score (nSPS) is 12.0. The predicted molar refractivity (Wildman–Crippen MR) is 167 cm³/mol. The van der Waals surface area contributed by atoms with Gasteiger partial charge >= 0.3 is 0 Å². The van der Waals surface area contributed by atoms with Crippen molar-refractivity contribution in [2.24, 2.45) is 0 Å². The first-order chi connectivity index (χ1) is 19.8. The van der Waals surface area contributed by atoms with E-state index in [2.05, 4.69) is 109 Å². The largest absolute Gasteiger partial charge is 0.456 e. The molecule has 0 aliphatic heterocycles. The molecule has 0 unspecified atom stereocenters. The minimum atomic E-state index is 0.909. The number of furan rings is 2. The van der Waals surface area contributed by atoms with E-state index < -0.39 is 0 Å². The van der Waals surface area contributed by atoms with Crippen LogP contribution in [0.3, 0.4) is 0 Å². The summed E-state index contributed by atoms with van der Waals surface area (Å²) in [5.41, 5.74) is 8.40. The minimum Gasteiger partial charge on any atom is -0.456 e. The minimum absolute atomic E-state index is 0.909. The second-order valence-corrected chi connectivity index (χ2v) is 10.5.